The van der Waals surface area contributed by atoms with Crippen LogP contribution < -0.4 is 5.32 Å². The number of ether oxygens (including phenoxy) is 1. The fourth-order valence-electron chi connectivity index (χ4n) is 3.91. The molecule has 0 aliphatic carbocycles. The third-order valence-electron chi connectivity index (χ3n) is 6.03. The Morgan fingerprint density at radius 3 is 2.39 bits per heavy atom. The molecule has 0 atom stereocenters. The summed E-state index contributed by atoms with van der Waals surface area (Å²) in [5.41, 5.74) is 2.30. The Balaban J connectivity index is 1.70. The molecule has 38 heavy (non-hydrogen) atoms. The average molecular weight is 539 g/mol. The molecular weight excluding hydrogens is 511 g/mol. The van der Waals surface area contributed by atoms with Crippen molar-refractivity contribution in [3.63, 3.8) is 0 Å². The first-order valence-corrected chi connectivity index (χ1v) is 13.6. The summed E-state index contributed by atoms with van der Waals surface area (Å²) in [6.45, 7) is 0.849. The molecule has 0 fully saturated rings. The lowest BCUT2D eigenvalue weighted by atomic mass is 10.0. The summed E-state index contributed by atoms with van der Waals surface area (Å²) in [5, 5.41) is 7.74. The SMILES string of the molecule is COCCN(C)C(=O)c1cc(C(=O)NCc2ccc(S(C)(=O)=O)cc2)c2cnn(-c3ccc(F)cc3)c2c1. The van der Waals surface area contributed by atoms with Gasteiger partial charge in [-0.2, -0.15) is 5.10 Å². The van der Waals surface area contributed by atoms with Gasteiger partial charge in [-0.15, -0.1) is 0 Å². The zero-order valence-electron chi connectivity index (χ0n) is 21.1. The van der Waals surface area contributed by atoms with Crippen molar-refractivity contribution >= 4 is 32.6 Å². The van der Waals surface area contributed by atoms with Crippen molar-refractivity contribution in [1.29, 1.82) is 0 Å². The van der Waals surface area contributed by atoms with Crippen molar-refractivity contribution in [2.24, 2.45) is 0 Å². The van der Waals surface area contributed by atoms with E-state index in [1.165, 1.54) is 41.4 Å². The minimum atomic E-state index is -3.33. The summed E-state index contributed by atoms with van der Waals surface area (Å²) in [6.07, 6.45) is 2.65. The van der Waals surface area contributed by atoms with E-state index in [2.05, 4.69) is 10.4 Å². The molecule has 0 spiro atoms. The van der Waals surface area contributed by atoms with E-state index in [0.29, 0.717) is 35.3 Å². The summed E-state index contributed by atoms with van der Waals surface area (Å²) in [4.78, 5) is 28.2. The fraction of sp³-hybridized carbons (Fsp3) is 0.222. The van der Waals surface area contributed by atoms with Crippen LogP contribution in [0.5, 0.6) is 0 Å². The Morgan fingerprint density at radius 1 is 1.08 bits per heavy atom. The van der Waals surface area contributed by atoms with E-state index < -0.39 is 21.6 Å². The molecule has 0 bridgehead atoms. The zero-order valence-corrected chi connectivity index (χ0v) is 22.0. The number of likely N-dealkylation sites (N-methyl/N-ethyl adjacent to an activating group) is 1. The number of sulfone groups is 1. The van der Waals surface area contributed by atoms with E-state index in [-0.39, 0.29) is 28.5 Å². The van der Waals surface area contributed by atoms with Gasteiger partial charge in [0.25, 0.3) is 11.8 Å². The first-order valence-electron chi connectivity index (χ1n) is 11.7. The topological polar surface area (TPSA) is 111 Å². The van der Waals surface area contributed by atoms with Gasteiger partial charge in [-0.3, -0.25) is 9.59 Å². The number of hydrogen-bond donors (Lipinski definition) is 1. The van der Waals surface area contributed by atoms with Crippen molar-refractivity contribution in [3.8, 4) is 5.69 Å². The second-order valence-corrected chi connectivity index (χ2v) is 10.8. The molecule has 0 saturated heterocycles. The van der Waals surface area contributed by atoms with E-state index in [0.717, 1.165) is 6.26 Å². The van der Waals surface area contributed by atoms with Crippen LogP contribution in [0, 0.1) is 5.82 Å². The van der Waals surface area contributed by atoms with Gasteiger partial charge in [0.2, 0.25) is 0 Å². The highest BCUT2D eigenvalue weighted by molar-refractivity contribution is 7.90. The van der Waals surface area contributed by atoms with Crippen LogP contribution in [0.1, 0.15) is 26.3 Å². The maximum Gasteiger partial charge on any atom is 0.253 e. The van der Waals surface area contributed by atoms with Gasteiger partial charge in [-0.1, -0.05) is 12.1 Å². The van der Waals surface area contributed by atoms with Crippen molar-refractivity contribution < 1.29 is 27.1 Å². The minimum Gasteiger partial charge on any atom is -0.383 e. The van der Waals surface area contributed by atoms with E-state index in [1.807, 2.05) is 0 Å². The summed E-state index contributed by atoms with van der Waals surface area (Å²) in [7, 11) is -0.142. The molecule has 198 valence electrons. The van der Waals surface area contributed by atoms with E-state index in [1.54, 1.807) is 49.2 Å². The van der Waals surface area contributed by atoms with E-state index >= 15 is 0 Å². The smallest absolute Gasteiger partial charge is 0.253 e. The molecule has 1 N–H and O–H groups in total. The molecule has 3 aromatic carbocycles. The van der Waals surface area contributed by atoms with Gasteiger partial charge in [0, 0.05) is 44.5 Å². The third-order valence-corrected chi connectivity index (χ3v) is 7.16. The van der Waals surface area contributed by atoms with Crippen molar-refractivity contribution in [2.75, 3.05) is 33.6 Å². The molecule has 2 amide bonds. The fourth-order valence-corrected chi connectivity index (χ4v) is 4.54. The Kier molecular flexibility index (Phi) is 7.88. The maximum absolute atomic E-state index is 13.5. The van der Waals surface area contributed by atoms with Gasteiger partial charge < -0.3 is 15.0 Å². The number of methoxy groups -OCH3 is 1. The number of benzene rings is 3. The van der Waals surface area contributed by atoms with Crippen LogP contribution >= 0.6 is 0 Å². The molecule has 4 rings (SSSR count). The van der Waals surface area contributed by atoms with Gasteiger partial charge in [0.15, 0.2) is 9.84 Å². The van der Waals surface area contributed by atoms with Crippen molar-refractivity contribution in [3.05, 3.63) is 89.4 Å². The van der Waals surface area contributed by atoms with Crippen LogP contribution in [0.4, 0.5) is 4.39 Å². The summed E-state index contributed by atoms with van der Waals surface area (Å²) >= 11 is 0. The first kappa shape index (κ1) is 27.0. The highest BCUT2D eigenvalue weighted by Gasteiger charge is 2.21. The quantitative estimate of drug-likeness (QED) is 0.350. The molecule has 0 saturated carbocycles. The number of amides is 2. The molecule has 1 heterocycles. The zero-order chi connectivity index (χ0) is 27.4. The molecule has 0 aliphatic rings. The Bertz CT molecular complexity index is 1580. The van der Waals surface area contributed by atoms with Crippen LogP contribution in [0.3, 0.4) is 0 Å². The monoisotopic (exact) mass is 538 g/mol. The van der Waals surface area contributed by atoms with E-state index in [9.17, 15) is 22.4 Å². The highest BCUT2D eigenvalue weighted by atomic mass is 32.2. The van der Waals surface area contributed by atoms with Crippen molar-refractivity contribution in [2.45, 2.75) is 11.4 Å². The minimum absolute atomic E-state index is 0.141. The van der Waals surface area contributed by atoms with Gasteiger partial charge in [-0.25, -0.2) is 17.5 Å². The largest absolute Gasteiger partial charge is 0.383 e. The average Bonchev–Trinajstić information content (AvgIpc) is 3.33. The second kappa shape index (κ2) is 11.1. The van der Waals surface area contributed by atoms with Crippen LogP contribution in [-0.4, -0.2) is 68.5 Å². The number of hydrogen-bond acceptors (Lipinski definition) is 6. The number of aromatic nitrogens is 2. The van der Waals surface area contributed by atoms with Gasteiger partial charge in [0.05, 0.1) is 34.5 Å². The molecule has 1 aromatic heterocycles. The van der Waals surface area contributed by atoms with Gasteiger partial charge in [-0.05, 0) is 54.1 Å². The second-order valence-electron chi connectivity index (χ2n) is 8.81. The number of carbonyl (C=O) groups excluding carboxylic acids is 2. The number of halogens is 1. The van der Waals surface area contributed by atoms with Crippen LogP contribution in [-0.2, 0) is 21.1 Å². The van der Waals surface area contributed by atoms with E-state index in [4.69, 9.17) is 4.74 Å². The van der Waals surface area contributed by atoms with Crippen LogP contribution in [0.2, 0.25) is 0 Å². The Morgan fingerprint density at radius 2 is 1.76 bits per heavy atom. The Hall–Kier alpha value is -4.09. The van der Waals surface area contributed by atoms with Crippen molar-refractivity contribution in [1.82, 2.24) is 20.0 Å². The van der Waals surface area contributed by atoms with Gasteiger partial charge in [0.1, 0.15) is 5.82 Å². The normalized spacial score (nSPS) is 11.5. The predicted octanol–water partition coefficient (Wildman–Crippen LogP) is 3.22. The molecule has 11 heteroatoms. The number of nitrogens with one attached hydrogen (secondary N) is 1. The Labute approximate surface area is 219 Å². The summed E-state index contributed by atoms with van der Waals surface area (Å²) in [5.74, 6) is -1.14. The van der Waals surface area contributed by atoms with Gasteiger partial charge >= 0.3 is 0 Å². The molecule has 0 unspecified atom stereocenters. The molecule has 0 radical (unpaired) electrons. The molecule has 9 nitrogen and oxygen atoms in total. The molecular formula is C27H27FN4O5S. The molecule has 0 aliphatic heterocycles. The van der Waals surface area contributed by atoms with Crippen LogP contribution in [0.15, 0.2) is 71.8 Å². The lowest BCUT2D eigenvalue weighted by Gasteiger charge is -2.18. The number of rotatable bonds is 9. The first-order chi connectivity index (χ1) is 18.1. The number of carbonyl (C=O) groups is 2. The lowest BCUT2D eigenvalue weighted by Crippen LogP contribution is -2.30. The molecule has 4 aromatic rings. The number of nitrogens with zero attached hydrogens (tertiary/aromatic N) is 3. The number of fused-ring (bicyclic) bond motifs is 1. The van der Waals surface area contributed by atoms with Crippen LogP contribution in [0.25, 0.3) is 16.6 Å². The standard InChI is InChI=1S/C27H27FN4O5S/c1-31(12-13-37-2)27(34)19-14-23(26(33)29-16-18-4-10-22(11-5-18)38(3,35)36)24-17-30-32(25(24)15-19)21-8-6-20(28)7-9-21/h4-11,14-15,17H,12-13,16H2,1-3H3,(H,29,33). The summed E-state index contributed by atoms with van der Waals surface area (Å²) in [6, 6.07) is 15.1. The predicted molar refractivity (Wildman–Crippen MR) is 141 cm³/mol. The maximum atomic E-state index is 13.5. The summed E-state index contributed by atoms with van der Waals surface area (Å²) < 4.78 is 43.5. The third kappa shape index (κ3) is 5.90. The lowest BCUT2D eigenvalue weighted by molar-refractivity contribution is 0.0744. The highest BCUT2D eigenvalue weighted by Crippen LogP contribution is 2.25.